The monoisotopic (exact) mass is 253 g/mol. The van der Waals surface area contributed by atoms with E-state index in [-0.39, 0.29) is 0 Å². The van der Waals surface area contributed by atoms with Gasteiger partial charge in [0.05, 0.1) is 0 Å². The van der Waals surface area contributed by atoms with Gasteiger partial charge in [0.25, 0.3) is 0 Å². The molecule has 1 aliphatic carbocycles. The summed E-state index contributed by atoms with van der Waals surface area (Å²) in [6, 6.07) is 4.17. The molecule has 3 heteroatoms. The van der Waals surface area contributed by atoms with Crippen molar-refractivity contribution in [3.63, 3.8) is 0 Å². The third-order valence-electron chi connectivity index (χ3n) is 3.92. The highest BCUT2D eigenvalue weighted by Crippen LogP contribution is 2.28. The van der Waals surface area contributed by atoms with Gasteiger partial charge in [-0.05, 0) is 48.8 Å². The van der Waals surface area contributed by atoms with E-state index in [0.717, 1.165) is 18.4 Å². The molecule has 1 aliphatic rings. The SMILES string of the molecule is CC1CCC(NCc2cc(F)cc(F)c2)C(C)C1. The fraction of sp³-hybridized carbons (Fsp3) is 0.600. The number of hydrogen-bond acceptors (Lipinski definition) is 1. The molecule has 0 bridgehead atoms. The summed E-state index contributed by atoms with van der Waals surface area (Å²) in [6.07, 6.45) is 3.62. The van der Waals surface area contributed by atoms with Crippen molar-refractivity contribution in [1.82, 2.24) is 5.32 Å². The number of halogens is 2. The molecule has 1 N–H and O–H groups in total. The molecule has 3 unspecified atom stereocenters. The fourth-order valence-electron chi connectivity index (χ4n) is 2.93. The first kappa shape index (κ1) is 13.5. The molecule has 1 aromatic rings. The lowest BCUT2D eigenvalue weighted by molar-refractivity contribution is 0.227. The van der Waals surface area contributed by atoms with Crippen LogP contribution in [-0.2, 0) is 6.54 Å². The number of benzene rings is 1. The Morgan fingerprint density at radius 3 is 2.39 bits per heavy atom. The predicted molar refractivity (Wildman–Crippen MR) is 69.2 cm³/mol. The number of nitrogens with one attached hydrogen (secondary N) is 1. The summed E-state index contributed by atoms with van der Waals surface area (Å²) in [5.41, 5.74) is 0.679. The molecule has 0 aromatic heterocycles. The second-order valence-electron chi connectivity index (χ2n) is 5.66. The Morgan fingerprint density at radius 1 is 1.11 bits per heavy atom. The van der Waals surface area contributed by atoms with Crippen LogP contribution >= 0.6 is 0 Å². The van der Waals surface area contributed by atoms with Crippen LogP contribution in [0.5, 0.6) is 0 Å². The van der Waals surface area contributed by atoms with E-state index >= 15 is 0 Å². The van der Waals surface area contributed by atoms with Gasteiger partial charge in [-0.1, -0.05) is 13.8 Å². The zero-order valence-corrected chi connectivity index (χ0v) is 11.0. The van der Waals surface area contributed by atoms with E-state index < -0.39 is 11.6 Å². The number of rotatable bonds is 3. The summed E-state index contributed by atoms with van der Waals surface area (Å²) >= 11 is 0. The van der Waals surface area contributed by atoms with Crippen LogP contribution in [0.3, 0.4) is 0 Å². The number of hydrogen-bond donors (Lipinski definition) is 1. The van der Waals surface area contributed by atoms with E-state index in [1.54, 1.807) is 0 Å². The van der Waals surface area contributed by atoms with Crippen molar-refractivity contribution in [2.75, 3.05) is 0 Å². The van der Waals surface area contributed by atoms with Gasteiger partial charge in [0.2, 0.25) is 0 Å². The lowest BCUT2D eigenvalue weighted by Gasteiger charge is -2.33. The van der Waals surface area contributed by atoms with Gasteiger partial charge in [0.15, 0.2) is 0 Å². The zero-order chi connectivity index (χ0) is 13.1. The van der Waals surface area contributed by atoms with Crippen molar-refractivity contribution in [2.24, 2.45) is 11.8 Å². The molecule has 0 aliphatic heterocycles. The third-order valence-corrected chi connectivity index (χ3v) is 3.92. The summed E-state index contributed by atoms with van der Waals surface area (Å²) in [6.45, 7) is 5.08. The maximum atomic E-state index is 13.1. The van der Waals surface area contributed by atoms with Crippen molar-refractivity contribution < 1.29 is 8.78 Å². The minimum atomic E-state index is -0.503. The maximum Gasteiger partial charge on any atom is 0.126 e. The van der Waals surface area contributed by atoms with Crippen molar-refractivity contribution in [1.29, 1.82) is 0 Å². The highest BCUT2D eigenvalue weighted by Gasteiger charge is 2.24. The first-order chi connectivity index (χ1) is 8.54. The first-order valence-corrected chi connectivity index (χ1v) is 6.73. The summed E-state index contributed by atoms with van der Waals surface area (Å²) in [4.78, 5) is 0. The van der Waals surface area contributed by atoms with Crippen molar-refractivity contribution >= 4 is 0 Å². The van der Waals surface area contributed by atoms with Crippen molar-refractivity contribution in [2.45, 2.75) is 45.7 Å². The summed E-state index contributed by atoms with van der Waals surface area (Å²) in [5, 5.41) is 3.43. The van der Waals surface area contributed by atoms with E-state index in [4.69, 9.17) is 0 Å². The normalized spacial score (nSPS) is 28.3. The third kappa shape index (κ3) is 3.52. The maximum absolute atomic E-state index is 13.1. The molecule has 0 spiro atoms. The zero-order valence-electron chi connectivity index (χ0n) is 11.0. The molecule has 18 heavy (non-hydrogen) atoms. The Morgan fingerprint density at radius 2 is 1.78 bits per heavy atom. The van der Waals surface area contributed by atoms with Crippen LogP contribution in [0.1, 0.15) is 38.7 Å². The Labute approximate surface area is 108 Å². The second kappa shape index (κ2) is 5.79. The Hall–Kier alpha value is -0.960. The minimum absolute atomic E-state index is 0.465. The van der Waals surface area contributed by atoms with Crippen LogP contribution in [0.4, 0.5) is 8.78 Å². The standard InChI is InChI=1S/C15H21F2N/c1-10-3-4-15(11(2)5-10)18-9-12-6-13(16)8-14(17)7-12/h6-8,10-11,15,18H,3-5,9H2,1-2H3. The molecule has 1 fully saturated rings. The van der Waals surface area contributed by atoms with Gasteiger partial charge in [-0.2, -0.15) is 0 Å². The molecule has 0 heterocycles. The van der Waals surface area contributed by atoms with Crippen molar-refractivity contribution in [3.8, 4) is 0 Å². The quantitative estimate of drug-likeness (QED) is 0.862. The van der Waals surface area contributed by atoms with Gasteiger partial charge in [0, 0.05) is 18.7 Å². The van der Waals surface area contributed by atoms with Crippen LogP contribution in [0.15, 0.2) is 18.2 Å². The summed E-state index contributed by atoms with van der Waals surface area (Å²) in [7, 11) is 0. The highest BCUT2D eigenvalue weighted by molar-refractivity contribution is 5.17. The average Bonchev–Trinajstić information content (AvgIpc) is 2.26. The van der Waals surface area contributed by atoms with Crippen molar-refractivity contribution in [3.05, 3.63) is 35.4 Å². The van der Waals surface area contributed by atoms with Crippen LogP contribution < -0.4 is 5.32 Å². The molecular formula is C15H21F2N. The van der Waals surface area contributed by atoms with Crippen LogP contribution in [0.25, 0.3) is 0 Å². The van der Waals surface area contributed by atoms with Gasteiger partial charge in [0.1, 0.15) is 11.6 Å². The van der Waals surface area contributed by atoms with E-state index in [9.17, 15) is 8.78 Å². The molecule has 0 radical (unpaired) electrons. The Balaban J connectivity index is 1.91. The summed E-state index contributed by atoms with van der Waals surface area (Å²) < 4.78 is 26.1. The topological polar surface area (TPSA) is 12.0 Å². The average molecular weight is 253 g/mol. The van der Waals surface area contributed by atoms with Gasteiger partial charge in [-0.15, -0.1) is 0 Å². The van der Waals surface area contributed by atoms with Crippen LogP contribution in [-0.4, -0.2) is 6.04 Å². The van der Waals surface area contributed by atoms with E-state index in [0.29, 0.717) is 24.1 Å². The highest BCUT2D eigenvalue weighted by atomic mass is 19.1. The lowest BCUT2D eigenvalue weighted by atomic mass is 9.80. The molecule has 0 saturated heterocycles. The van der Waals surface area contributed by atoms with Gasteiger partial charge >= 0.3 is 0 Å². The van der Waals surface area contributed by atoms with Gasteiger partial charge in [-0.25, -0.2) is 8.78 Å². The minimum Gasteiger partial charge on any atom is -0.310 e. The molecule has 0 amide bonds. The predicted octanol–water partition coefficient (Wildman–Crippen LogP) is 3.88. The van der Waals surface area contributed by atoms with Gasteiger partial charge < -0.3 is 5.32 Å². The fourth-order valence-corrected chi connectivity index (χ4v) is 2.93. The molecule has 100 valence electrons. The van der Waals surface area contributed by atoms with Crippen LogP contribution in [0.2, 0.25) is 0 Å². The molecule has 1 nitrogen and oxygen atoms in total. The summed E-state index contributed by atoms with van der Waals surface area (Å²) in [5.74, 6) is 0.422. The Kier molecular flexibility index (Phi) is 4.33. The molecule has 1 saturated carbocycles. The van der Waals surface area contributed by atoms with E-state index in [2.05, 4.69) is 19.2 Å². The van der Waals surface area contributed by atoms with E-state index in [1.807, 2.05) is 0 Å². The van der Waals surface area contributed by atoms with Crippen LogP contribution in [0, 0.1) is 23.5 Å². The molecule has 2 rings (SSSR count). The first-order valence-electron chi connectivity index (χ1n) is 6.73. The molecule has 3 atom stereocenters. The van der Waals surface area contributed by atoms with E-state index in [1.165, 1.54) is 25.0 Å². The molecular weight excluding hydrogens is 232 g/mol. The van der Waals surface area contributed by atoms with Gasteiger partial charge in [-0.3, -0.25) is 0 Å². The smallest absolute Gasteiger partial charge is 0.126 e. The second-order valence-corrected chi connectivity index (χ2v) is 5.66. The Bertz CT molecular complexity index is 385. The largest absolute Gasteiger partial charge is 0.310 e. The lowest BCUT2D eigenvalue weighted by Crippen LogP contribution is -2.38. The molecule has 1 aromatic carbocycles.